The Morgan fingerprint density at radius 2 is 1.88 bits per heavy atom. The Morgan fingerprint density at radius 3 is 2.33 bits per heavy atom. The maximum absolute atomic E-state index is 13.3. The highest BCUT2D eigenvalue weighted by atomic mass is 19.4. The van der Waals surface area contributed by atoms with Gasteiger partial charge in [-0.25, -0.2) is 4.79 Å². The average molecular weight is 345 g/mol. The molecule has 1 heterocycles. The molecule has 1 aliphatic rings. The van der Waals surface area contributed by atoms with Crippen LogP contribution >= 0.6 is 0 Å². The van der Waals surface area contributed by atoms with Gasteiger partial charge in [-0.1, -0.05) is 30.3 Å². The van der Waals surface area contributed by atoms with Gasteiger partial charge in [0, 0.05) is 6.54 Å². The summed E-state index contributed by atoms with van der Waals surface area (Å²) in [5.41, 5.74) is -1.82. The van der Waals surface area contributed by atoms with E-state index < -0.39 is 48.9 Å². The highest BCUT2D eigenvalue weighted by Crippen LogP contribution is 2.47. The molecule has 0 spiro atoms. The summed E-state index contributed by atoms with van der Waals surface area (Å²) in [6, 6.07) is 8.29. The fraction of sp³-hybridized carbons (Fsp3) is 0.588. The molecule has 0 saturated carbocycles. The molecule has 134 valence electrons. The molecule has 0 aromatic heterocycles. The van der Waals surface area contributed by atoms with Crippen molar-refractivity contribution in [2.24, 2.45) is 5.92 Å². The summed E-state index contributed by atoms with van der Waals surface area (Å²) >= 11 is 0. The number of rotatable bonds is 2. The lowest BCUT2D eigenvalue weighted by Gasteiger charge is -2.38. The molecule has 1 aromatic rings. The number of hydrogen-bond donors (Lipinski definition) is 1. The van der Waals surface area contributed by atoms with Gasteiger partial charge in [0.15, 0.2) is 0 Å². The summed E-state index contributed by atoms with van der Waals surface area (Å²) in [6.07, 6.45) is -5.70. The van der Waals surface area contributed by atoms with Gasteiger partial charge in [-0.3, -0.25) is 4.90 Å². The predicted octanol–water partition coefficient (Wildman–Crippen LogP) is 3.69. The second kappa shape index (κ2) is 6.27. The van der Waals surface area contributed by atoms with E-state index in [1.54, 1.807) is 51.1 Å². The molecule has 0 aliphatic carbocycles. The Hall–Kier alpha value is -1.76. The number of aliphatic hydroxyl groups excluding tert-OH is 1. The minimum absolute atomic E-state index is 0.393. The summed E-state index contributed by atoms with van der Waals surface area (Å²) in [5, 5.41) is 9.95. The van der Waals surface area contributed by atoms with Gasteiger partial charge < -0.3 is 9.84 Å². The smallest absolute Gasteiger partial charge is 0.411 e. The van der Waals surface area contributed by atoms with E-state index in [4.69, 9.17) is 4.74 Å². The lowest BCUT2D eigenvalue weighted by molar-refractivity contribution is -0.171. The van der Waals surface area contributed by atoms with E-state index in [1.165, 1.54) is 0 Å². The number of hydrogen-bond acceptors (Lipinski definition) is 3. The van der Waals surface area contributed by atoms with Gasteiger partial charge in [-0.15, -0.1) is 0 Å². The van der Waals surface area contributed by atoms with Crippen molar-refractivity contribution >= 4 is 6.09 Å². The molecule has 1 aromatic carbocycles. The first-order chi connectivity index (χ1) is 11.0. The topological polar surface area (TPSA) is 49.8 Å². The van der Waals surface area contributed by atoms with Crippen molar-refractivity contribution in [3.05, 3.63) is 35.9 Å². The van der Waals surface area contributed by atoms with Crippen molar-refractivity contribution in [1.29, 1.82) is 0 Å². The molecular formula is C17H22F3NO3. The lowest BCUT2D eigenvalue weighted by Crippen LogP contribution is -2.49. The van der Waals surface area contributed by atoms with Crippen LogP contribution in [0.4, 0.5) is 18.0 Å². The molecule has 0 radical (unpaired) electrons. The van der Waals surface area contributed by atoms with Crippen LogP contribution in [0.25, 0.3) is 0 Å². The molecule has 1 aliphatic heterocycles. The first kappa shape index (κ1) is 18.6. The quantitative estimate of drug-likeness (QED) is 0.889. The van der Waals surface area contributed by atoms with E-state index in [9.17, 15) is 23.1 Å². The van der Waals surface area contributed by atoms with Crippen molar-refractivity contribution in [2.75, 3.05) is 13.2 Å². The van der Waals surface area contributed by atoms with Crippen molar-refractivity contribution < 1.29 is 27.8 Å². The van der Waals surface area contributed by atoms with Gasteiger partial charge in [0.25, 0.3) is 0 Å². The first-order valence-corrected chi connectivity index (χ1v) is 7.73. The Balaban J connectivity index is 2.45. The second-order valence-corrected chi connectivity index (χ2v) is 7.09. The number of ether oxygens (including phenoxy) is 1. The number of halogens is 3. The summed E-state index contributed by atoms with van der Waals surface area (Å²) in [7, 11) is 0. The molecule has 1 fully saturated rings. The highest BCUT2D eigenvalue weighted by Gasteiger charge is 2.57. The van der Waals surface area contributed by atoms with Crippen LogP contribution in [0, 0.1) is 5.92 Å². The van der Waals surface area contributed by atoms with Gasteiger partial charge in [0.05, 0.1) is 18.1 Å². The van der Waals surface area contributed by atoms with Crippen LogP contribution in [-0.4, -0.2) is 41.0 Å². The number of nitrogens with zero attached hydrogens (tertiary/aromatic N) is 1. The molecule has 0 bridgehead atoms. The third-order valence-electron chi connectivity index (χ3n) is 4.15. The summed E-state index contributed by atoms with van der Waals surface area (Å²) in [4.78, 5) is 13.5. The predicted molar refractivity (Wildman–Crippen MR) is 82.3 cm³/mol. The fourth-order valence-electron chi connectivity index (χ4n) is 3.03. The van der Waals surface area contributed by atoms with Crippen molar-refractivity contribution in [3.8, 4) is 0 Å². The van der Waals surface area contributed by atoms with E-state index in [0.29, 0.717) is 5.56 Å². The number of alkyl halides is 3. The van der Waals surface area contributed by atoms with Gasteiger partial charge in [-0.2, -0.15) is 13.2 Å². The average Bonchev–Trinajstić information content (AvgIpc) is 2.87. The SMILES string of the molecule is CC(C)(C)OC(=O)N1C[C@H](C(F)(F)F)C[C@]1(CO)c1ccccc1. The third kappa shape index (κ3) is 3.66. The van der Waals surface area contributed by atoms with E-state index in [0.717, 1.165) is 4.90 Å². The number of likely N-dealkylation sites (tertiary alicyclic amines) is 1. The van der Waals surface area contributed by atoms with Gasteiger partial charge in [0.1, 0.15) is 5.60 Å². The zero-order valence-corrected chi connectivity index (χ0v) is 13.9. The number of aliphatic hydroxyl groups is 1. The Kier molecular flexibility index (Phi) is 4.86. The van der Waals surface area contributed by atoms with Crippen LogP contribution in [0.1, 0.15) is 32.8 Å². The Labute approximate surface area is 139 Å². The van der Waals surface area contributed by atoms with Crippen LogP contribution in [0.15, 0.2) is 30.3 Å². The second-order valence-electron chi connectivity index (χ2n) is 7.09. The van der Waals surface area contributed by atoms with E-state index >= 15 is 0 Å². The first-order valence-electron chi connectivity index (χ1n) is 7.73. The molecule has 1 N–H and O–H groups in total. The molecule has 24 heavy (non-hydrogen) atoms. The van der Waals surface area contributed by atoms with Crippen LogP contribution in [0.2, 0.25) is 0 Å². The minimum Gasteiger partial charge on any atom is -0.444 e. The van der Waals surface area contributed by atoms with Crippen molar-refractivity contribution in [3.63, 3.8) is 0 Å². The fourth-order valence-corrected chi connectivity index (χ4v) is 3.03. The number of amides is 1. The molecule has 7 heteroatoms. The standard InChI is InChI=1S/C17H22F3NO3/c1-15(2,3)24-14(23)21-10-13(17(18,19)20)9-16(21,11-22)12-7-5-4-6-8-12/h4-8,13,22H,9-11H2,1-3H3/t13-,16+/m1/s1. The molecule has 1 saturated heterocycles. The Morgan fingerprint density at radius 1 is 1.29 bits per heavy atom. The molecule has 4 nitrogen and oxygen atoms in total. The van der Waals surface area contributed by atoms with Crippen molar-refractivity contribution in [1.82, 2.24) is 4.90 Å². The number of carbonyl (C=O) groups is 1. The largest absolute Gasteiger partial charge is 0.444 e. The number of benzene rings is 1. The Bertz CT molecular complexity index is 583. The summed E-state index contributed by atoms with van der Waals surface area (Å²) in [5.74, 6) is -1.71. The number of carbonyl (C=O) groups excluding carboxylic acids is 1. The van der Waals surface area contributed by atoms with Crippen LogP contribution in [0.5, 0.6) is 0 Å². The molecule has 1 amide bonds. The monoisotopic (exact) mass is 345 g/mol. The summed E-state index contributed by atoms with van der Waals surface area (Å²) < 4.78 is 45.1. The molecule has 2 atom stereocenters. The molecule has 0 unspecified atom stereocenters. The summed E-state index contributed by atoms with van der Waals surface area (Å²) in [6.45, 7) is 3.79. The van der Waals surface area contributed by atoms with Gasteiger partial charge in [-0.05, 0) is 32.8 Å². The van der Waals surface area contributed by atoms with Crippen LogP contribution < -0.4 is 0 Å². The zero-order chi connectivity index (χ0) is 18.2. The molecule has 2 rings (SSSR count). The van der Waals surface area contributed by atoms with E-state index in [-0.39, 0.29) is 0 Å². The van der Waals surface area contributed by atoms with Crippen LogP contribution in [0.3, 0.4) is 0 Å². The minimum atomic E-state index is -4.45. The van der Waals surface area contributed by atoms with E-state index in [2.05, 4.69) is 0 Å². The van der Waals surface area contributed by atoms with Gasteiger partial charge in [0.2, 0.25) is 0 Å². The van der Waals surface area contributed by atoms with E-state index in [1.807, 2.05) is 0 Å². The maximum atomic E-state index is 13.3. The molecular weight excluding hydrogens is 323 g/mol. The van der Waals surface area contributed by atoms with Gasteiger partial charge >= 0.3 is 12.3 Å². The zero-order valence-electron chi connectivity index (χ0n) is 13.9. The van der Waals surface area contributed by atoms with Crippen LogP contribution in [-0.2, 0) is 10.3 Å². The lowest BCUT2D eigenvalue weighted by atomic mass is 9.85. The normalized spacial score (nSPS) is 25.0. The maximum Gasteiger partial charge on any atom is 0.411 e. The third-order valence-corrected chi connectivity index (χ3v) is 4.15. The highest BCUT2D eigenvalue weighted by molar-refractivity contribution is 5.70. The van der Waals surface area contributed by atoms with Crippen molar-refractivity contribution in [2.45, 2.75) is 44.5 Å².